The molecular formula is C24H40. The number of rotatable bonds is 2. The molecule has 0 spiro atoms. The molecule has 0 bridgehead atoms. The largest absolute Gasteiger partial charge is 0.0683 e. The molecule has 0 aliphatic heterocycles. The zero-order chi connectivity index (χ0) is 19.1. The van der Waals surface area contributed by atoms with Gasteiger partial charge in [0.1, 0.15) is 0 Å². The van der Waals surface area contributed by atoms with Crippen molar-refractivity contribution in [3.63, 3.8) is 0 Å². The van der Waals surface area contributed by atoms with Crippen molar-refractivity contribution in [2.24, 2.45) is 0 Å². The van der Waals surface area contributed by atoms with Gasteiger partial charge in [-0.05, 0) is 47.9 Å². The van der Waals surface area contributed by atoms with Crippen LogP contribution in [0.15, 0.2) is 48.5 Å². The van der Waals surface area contributed by atoms with Crippen molar-refractivity contribution in [3.05, 3.63) is 70.8 Å². The lowest BCUT2D eigenvalue weighted by molar-refractivity contribution is 0.856. The van der Waals surface area contributed by atoms with Crippen LogP contribution in [-0.2, 0) is 0 Å². The van der Waals surface area contributed by atoms with E-state index in [2.05, 4.69) is 90.1 Å². The summed E-state index contributed by atoms with van der Waals surface area (Å²) in [6, 6.07) is 17.1. The van der Waals surface area contributed by atoms with Gasteiger partial charge in [0.2, 0.25) is 0 Å². The molecule has 0 heteroatoms. The van der Waals surface area contributed by atoms with Gasteiger partial charge in [0, 0.05) is 0 Å². The number of hydrogen-bond donors (Lipinski definition) is 0. The van der Waals surface area contributed by atoms with Crippen LogP contribution in [0.2, 0.25) is 0 Å². The van der Waals surface area contributed by atoms with Gasteiger partial charge in [-0.15, -0.1) is 0 Å². The first-order chi connectivity index (χ1) is 11.4. The third kappa shape index (κ3) is 9.55. The second-order valence-corrected chi connectivity index (χ2v) is 6.02. The van der Waals surface area contributed by atoms with Crippen LogP contribution in [0.5, 0.6) is 0 Å². The third-order valence-electron chi connectivity index (χ3n) is 3.62. The monoisotopic (exact) mass is 328 g/mol. The van der Waals surface area contributed by atoms with Gasteiger partial charge in [0.05, 0.1) is 0 Å². The first kappa shape index (κ1) is 24.7. The predicted molar refractivity (Wildman–Crippen MR) is 113 cm³/mol. The third-order valence-corrected chi connectivity index (χ3v) is 3.62. The van der Waals surface area contributed by atoms with Gasteiger partial charge in [-0.2, -0.15) is 0 Å². The lowest BCUT2D eigenvalue weighted by atomic mass is 9.99. The highest BCUT2D eigenvalue weighted by atomic mass is 14.1. The van der Waals surface area contributed by atoms with E-state index in [9.17, 15) is 0 Å². The Hall–Kier alpha value is -1.56. The van der Waals surface area contributed by atoms with Crippen LogP contribution in [0.25, 0.3) is 0 Å². The number of hydrogen-bond acceptors (Lipinski definition) is 0. The number of benzene rings is 2. The standard InChI is InChI=1S/2C10H14.2C2H6/c2*1-8(2)10-7-5-4-6-9(10)3;2*1-2/h2*4-8H,1-3H3;2*1-2H3. The average molecular weight is 329 g/mol. The van der Waals surface area contributed by atoms with E-state index in [1.165, 1.54) is 22.3 Å². The molecule has 0 saturated carbocycles. The van der Waals surface area contributed by atoms with Crippen molar-refractivity contribution in [1.82, 2.24) is 0 Å². The molecule has 136 valence electrons. The Balaban J connectivity index is 0. The van der Waals surface area contributed by atoms with Gasteiger partial charge >= 0.3 is 0 Å². The highest BCUT2D eigenvalue weighted by Crippen LogP contribution is 2.18. The van der Waals surface area contributed by atoms with Crippen LogP contribution in [0.3, 0.4) is 0 Å². The molecule has 0 atom stereocenters. The van der Waals surface area contributed by atoms with Crippen molar-refractivity contribution in [2.45, 2.75) is 81.1 Å². The molecule has 0 radical (unpaired) electrons. The maximum Gasteiger partial charge on any atom is -0.0216 e. The average Bonchev–Trinajstić information content (AvgIpc) is 2.59. The van der Waals surface area contributed by atoms with Crippen molar-refractivity contribution in [1.29, 1.82) is 0 Å². The van der Waals surface area contributed by atoms with Crippen LogP contribution < -0.4 is 0 Å². The van der Waals surface area contributed by atoms with Crippen molar-refractivity contribution in [3.8, 4) is 0 Å². The van der Waals surface area contributed by atoms with E-state index >= 15 is 0 Å². The zero-order valence-corrected chi connectivity index (χ0v) is 17.8. The summed E-state index contributed by atoms with van der Waals surface area (Å²) in [5, 5.41) is 0. The van der Waals surface area contributed by atoms with E-state index in [1.54, 1.807) is 0 Å². The molecule has 0 aromatic heterocycles. The molecule has 0 saturated heterocycles. The summed E-state index contributed by atoms with van der Waals surface area (Å²) in [5.74, 6) is 1.31. The minimum atomic E-state index is 0.654. The molecule has 2 aromatic rings. The van der Waals surface area contributed by atoms with Crippen molar-refractivity contribution in [2.75, 3.05) is 0 Å². The quantitative estimate of drug-likeness (QED) is 0.520. The second-order valence-electron chi connectivity index (χ2n) is 6.02. The van der Waals surface area contributed by atoms with E-state index in [0.29, 0.717) is 11.8 Å². The first-order valence-electron chi connectivity index (χ1n) is 9.54. The van der Waals surface area contributed by atoms with E-state index in [-0.39, 0.29) is 0 Å². The Kier molecular flexibility index (Phi) is 15.4. The van der Waals surface area contributed by atoms with Gasteiger partial charge < -0.3 is 0 Å². The van der Waals surface area contributed by atoms with Crippen LogP contribution in [0.1, 0.15) is 89.5 Å². The molecule has 0 N–H and O–H groups in total. The van der Waals surface area contributed by atoms with Crippen molar-refractivity contribution >= 4 is 0 Å². The van der Waals surface area contributed by atoms with Gasteiger partial charge in [-0.25, -0.2) is 0 Å². The Labute approximate surface area is 152 Å². The lowest BCUT2D eigenvalue weighted by Gasteiger charge is -2.07. The summed E-state index contributed by atoms with van der Waals surface area (Å²) < 4.78 is 0. The fourth-order valence-electron chi connectivity index (χ4n) is 2.47. The fourth-order valence-corrected chi connectivity index (χ4v) is 2.47. The maximum atomic E-state index is 2.22. The molecule has 2 rings (SSSR count). The molecule has 0 aliphatic rings. The van der Waals surface area contributed by atoms with E-state index in [0.717, 1.165) is 0 Å². The smallest absolute Gasteiger partial charge is 0.0216 e. The Bertz CT molecular complexity index is 472. The molecule has 24 heavy (non-hydrogen) atoms. The van der Waals surface area contributed by atoms with Gasteiger partial charge in [-0.1, -0.05) is 104 Å². The minimum absolute atomic E-state index is 0.654. The van der Waals surface area contributed by atoms with Gasteiger partial charge in [0.15, 0.2) is 0 Å². The number of aryl methyl sites for hydroxylation is 2. The van der Waals surface area contributed by atoms with Crippen LogP contribution in [0.4, 0.5) is 0 Å². The summed E-state index contributed by atoms with van der Waals surface area (Å²) in [6.07, 6.45) is 0. The van der Waals surface area contributed by atoms with Crippen LogP contribution in [0, 0.1) is 13.8 Å². The van der Waals surface area contributed by atoms with E-state index < -0.39 is 0 Å². The Morgan fingerprint density at radius 1 is 0.500 bits per heavy atom. The molecular weight excluding hydrogens is 288 g/mol. The Morgan fingerprint density at radius 3 is 0.917 bits per heavy atom. The molecule has 0 fully saturated rings. The Morgan fingerprint density at radius 2 is 0.750 bits per heavy atom. The lowest BCUT2D eigenvalue weighted by Crippen LogP contribution is -1.89. The maximum absolute atomic E-state index is 2.22. The molecule has 0 heterocycles. The summed E-state index contributed by atoms with van der Waals surface area (Å²) in [7, 11) is 0. The topological polar surface area (TPSA) is 0 Å². The predicted octanol–water partition coefficient (Wildman–Crippen LogP) is 8.29. The highest BCUT2D eigenvalue weighted by Gasteiger charge is 2.00. The summed E-state index contributed by atoms with van der Waals surface area (Å²) in [4.78, 5) is 0. The SMILES string of the molecule is CC.CC.Cc1ccccc1C(C)C.Cc1ccccc1C(C)C. The first-order valence-corrected chi connectivity index (χ1v) is 9.54. The molecule has 0 unspecified atom stereocenters. The van der Waals surface area contributed by atoms with Gasteiger partial charge in [0.25, 0.3) is 0 Å². The second kappa shape index (κ2) is 15.0. The van der Waals surface area contributed by atoms with Gasteiger partial charge in [-0.3, -0.25) is 0 Å². The van der Waals surface area contributed by atoms with Crippen LogP contribution in [-0.4, -0.2) is 0 Å². The fraction of sp³-hybridized carbons (Fsp3) is 0.500. The molecule has 0 aliphatic carbocycles. The normalized spacial score (nSPS) is 9.17. The molecule has 2 aromatic carbocycles. The minimum Gasteiger partial charge on any atom is -0.0683 e. The molecule has 0 nitrogen and oxygen atoms in total. The van der Waals surface area contributed by atoms with Crippen molar-refractivity contribution < 1.29 is 0 Å². The van der Waals surface area contributed by atoms with E-state index in [1.807, 2.05) is 27.7 Å². The zero-order valence-electron chi connectivity index (χ0n) is 17.8. The summed E-state index contributed by atoms with van der Waals surface area (Å²) in [6.45, 7) is 21.2. The highest BCUT2D eigenvalue weighted by molar-refractivity contribution is 5.28. The summed E-state index contributed by atoms with van der Waals surface area (Å²) >= 11 is 0. The molecule has 0 amide bonds. The van der Waals surface area contributed by atoms with Crippen LogP contribution >= 0.6 is 0 Å². The summed E-state index contributed by atoms with van der Waals surface area (Å²) in [5.41, 5.74) is 5.72. The van der Waals surface area contributed by atoms with E-state index in [4.69, 9.17) is 0 Å².